The number of nitrogens with zero attached hydrogens (tertiary/aromatic N) is 3. The van der Waals surface area contributed by atoms with Crippen molar-refractivity contribution in [1.82, 2.24) is 19.2 Å². The highest BCUT2D eigenvalue weighted by atomic mass is 35.5. The molecule has 0 saturated heterocycles. The second kappa shape index (κ2) is 10.5. The number of aryl methyl sites for hydroxylation is 2. The van der Waals surface area contributed by atoms with Gasteiger partial charge in [-0.15, -0.1) is 0 Å². The van der Waals surface area contributed by atoms with Gasteiger partial charge in [0.15, 0.2) is 0 Å². The molecule has 0 bridgehead atoms. The second-order valence-corrected chi connectivity index (χ2v) is 9.93. The van der Waals surface area contributed by atoms with Gasteiger partial charge in [0, 0.05) is 44.5 Å². The molecule has 0 fully saturated rings. The first-order chi connectivity index (χ1) is 15.3. The molecule has 0 aliphatic carbocycles. The monoisotopic (exact) mass is 476 g/mol. The first kappa shape index (κ1) is 24.2. The lowest BCUT2D eigenvalue weighted by atomic mass is 10.1. The lowest BCUT2D eigenvalue weighted by Gasteiger charge is -2.18. The number of benzene rings is 2. The number of fused-ring (bicyclic) bond motifs is 1. The molecule has 1 aromatic heterocycles. The number of carbonyl (C=O) groups is 1. The molecule has 0 spiro atoms. The molecule has 1 amide bonds. The van der Waals surface area contributed by atoms with Crippen LogP contribution >= 0.6 is 11.6 Å². The number of hydrogen-bond donors (Lipinski definition) is 1. The molecule has 1 N–H and O–H groups in total. The van der Waals surface area contributed by atoms with Gasteiger partial charge in [0.05, 0.1) is 15.9 Å². The third kappa shape index (κ3) is 5.49. The Morgan fingerprint density at radius 3 is 2.44 bits per heavy atom. The lowest BCUT2D eigenvalue weighted by molar-refractivity contribution is -0.121. The second-order valence-electron chi connectivity index (χ2n) is 7.55. The molecule has 3 aromatic rings. The van der Waals surface area contributed by atoms with E-state index in [1.807, 2.05) is 49.7 Å². The molecule has 0 aliphatic heterocycles. The maximum absolute atomic E-state index is 12.8. The fourth-order valence-corrected chi connectivity index (χ4v) is 5.24. The summed E-state index contributed by atoms with van der Waals surface area (Å²) in [7, 11) is -1.67. The van der Waals surface area contributed by atoms with Crippen LogP contribution in [0.5, 0.6) is 0 Å². The van der Waals surface area contributed by atoms with E-state index in [4.69, 9.17) is 11.6 Å². The highest BCUT2D eigenvalue weighted by Crippen LogP contribution is 2.22. The number of aromatic nitrogens is 2. The predicted molar refractivity (Wildman–Crippen MR) is 127 cm³/mol. The van der Waals surface area contributed by atoms with E-state index in [1.165, 1.54) is 4.31 Å². The molecule has 172 valence electrons. The minimum absolute atomic E-state index is 0.0455. The Morgan fingerprint density at radius 2 is 1.78 bits per heavy atom. The number of nitrogens with one attached hydrogen (secondary N) is 1. The fraction of sp³-hybridized carbons (Fsp3) is 0.391. The van der Waals surface area contributed by atoms with Gasteiger partial charge >= 0.3 is 0 Å². The van der Waals surface area contributed by atoms with E-state index >= 15 is 0 Å². The van der Waals surface area contributed by atoms with E-state index in [-0.39, 0.29) is 10.8 Å². The molecule has 0 aliphatic rings. The summed E-state index contributed by atoms with van der Waals surface area (Å²) >= 11 is 5.89. The number of rotatable bonds is 10. The Labute approximate surface area is 194 Å². The number of hydrogen-bond acceptors (Lipinski definition) is 4. The average Bonchev–Trinajstić information content (AvgIpc) is 3.09. The highest BCUT2D eigenvalue weighted by molar-refractivity contribution is 7.89. The van der Waals surface area contributed by atoms with Crippen molar-refractivity contribution in [2.24, 2.45) is 7.05 Å². The molecule has 32 heavy (non-hydrogen) atoms. The van der Waals surface area contributed by atoms with Crippen LogP contribution in [0.25, 0.3) is 11.0 Å². The van der Waals surface area contributed by atoms with Gasteiger partial charge in [-0.05, 0) is 42.3 Å². The van der Waals surface area contributed by atoms with E-state index in [9.17, 15) is 13.2 Å². The Hall–Kier alpha value is -2.42. The maximum Gasteiger partial charge on any atom is 0.243 e. The van der Waals surface area contributed by atoms with Crippen LogP contribution in [0.3, 0.4) is 0 Å². The van der Waals surface area contributed by atoms with Gasteiger partial charge < -0.3 is 9.88 Å². The predicted octanol–water partition coefficient (Wildman–Crippen LogP) is 3.55. The van der Waals surface area contributed by atoms with E-state index in [1.54, 1.807) is 18.2 Å². The zero-order chi connectivity index (χ0) is 23.3. The lowest BCUT2D eigenvalue weighted by Crippen LogP contribution is -2.30. The molecule has 2 aromatic carbocycles. The summed E-state index contributed by atoms with van der Waals surface area (Å²) < 4.78 is 28.9. The molecular weight excluding hydrogens is 448 g/mol. The zero-order valence-corrected chi connectivity index (χ0v) is 20.2. The maximum atomic E-state index is 12.8. The summed E-state index contributed by atoms with van der Waals surface area (Å²) in [6, 6.07) is 12.6. The van der Waals surface area contributed by atoms with Crippen molar-refractivity contribution in [3.8, 4) is 0 Å². The summed E-state index contributed by atoms with van der Waals surface area (Å²) in [4.78, 5) is 17.1. The quantitative estimate of drug-likeness (QED) is 0.485. The first-order valence-electron chi connectivity index (χ1n) is 10.7. The van der Waals surface area contributed by atoms with E-state index < -0.39 is 10.0 Å². The van der Waals surface area contributed by atoms with Gasteiger partial charge in [0.25, 0.3) is 0 Å². The van der Waals surface area contributed by atoms with Crippen molar-refractivity contribution in [2.75, 3.05) is 19.6 Å². The van der Waals surface area contributed by atoms with Crippen molar-refractivity contribution >= 4 is 38.6 Å². The number of imidazole rings is 1. The Kier molecular flexibility index (Phi) is 7.92. The van der Waals surface area contributed by atoms with Crippen molar-refractivity contribution < 1.29 is 13.2 Å². The molecule has 3 rings (SSSR count). The van der Waals surface area contributed by atoms with Gasteiger partial charge in [-0.3, -0.25) is 4.79 Å². The minimum Gasteiger partial charge on any atom is -0.356 e. The molecule has 9 heteroatoms. The van der Waals surface area contributed by atoms with Crippen LogP contribution in [0, 0.1) is 0 Å². The molecule has 0 unspecified atom stereocenters. The van der Waals surface area contributed by atoms with E-state index in [2.05, 4.69) is 10.3 Å². The first-order valence-corrected chi connectivity index (χ1v) is 12.5. The average molecular weight is 477 g/mol. The summed E-state index contributed by atoms with van der Waals surface area (Å²) in [5.74, 6) is 0.695. The summed E-state index contributed by atoms with van der Waals surface area (Å²) in [5, 5.41) is 3.62. The minimum atomic E-state index is -3.54. The van der Waals surface area contributed by atoms with Gasteiger partial charge in [0.1, 0.15) is 5.82 Å². The van der Waals surface area contributed by atoms with Crippen LogP contribution in [0.4, 0.5) is 0 Å². The van der Waals surface area contributed by atoms with Gasteiger partial charge in [-0.25, -0.2) is 13.4 Å². The van der Waals surface area contributed by atoms with Crippen LogP contribution in [-0.2, 0) is 34.7 Å². The Morgan fingerprint density at radius 1 is 1.09 bits per heavy atom. The molecule has 0 radical (unpaired) electrons. The molecule has 7 nitrogen and oxygen atoms in total. The smallest absolute Gasteiger partial charge is 0.243 e. The van der Waals surface area contributed by atoms with Gasteiger partial charge in [0.2, 0.25) is 15.9 Å². The summed E-state index contributed by atoms with van der Waals surface area (Å²) in [6.07, 6.45) is 1.51. The SMILES string of the molecule is CCN(CC)S(=O)(=O)c1ccc2c(c1)nc(CCC(=O)NCCc1ccc(Cl)cc1)n2C. The fourth-order valence-electron chi connectivity index (χ4n) is 3.64. The third-order valence-corrected chi connectivity index (χ3v) is 7.81. The molecule has 0 atom stereocenters. The van der Waals surface area contributed by atoms with Crippen molar-refractivity contribution in [3.05, 3.63) is 58.9 Å². The molecular formula is C23H29ClN4O3S. The van der Waals surface area contributed by atoms with E-state index in [0.29, 0.717) is 43.0 Å². The standard InChI is InChI=1S/C23H29ClN4O3S/c1-4-28(5-2)32(30,31)19-10-11-21-20(16-19)26-22(27(21)3)12-13-23(29)25-15-14-17-6-8-18(24)9-7-17/h6-11,16H,4-5,12-15H2,1-3H3,(H,25,29). The number of sulfonamides is 1. The molecule has 0 saturated carbocycles. The summed E-state index contributed by atoms with van der Waals surface area (Å²) in [6.45, 7) is 5.02. The van der Waals surface area contributed by atoms with Crippen LogP contribution in [0.1, 0.15) is 31.7 Å². The van der Waals surface area contributed by atoms with Crippen molar-refractivity contribution in [2.45, 2.75) is 38.0 Å². The normalized spacial score (nSPS) is 11.9. The number of halogens is 1. The Balaban J connectivity index is 1.63. The zero-order valence-electron chi connectivity index (χ0n) is 18.6. The topological polar surface area (TPSA) is 84.3 Å². The molecule has 1 heterocycles. The summed E-state index contributed by atoms with van der Waals surface area (Å²) in [5.41, 5.74) is 2.56. The van der Waals surface area contributed by atoms with Crippen LogP contribution in [-0.4, -0.2) is 47.8 Å². The van der Waals surface area contributed by atoms with Gasteiger partial charge in [-0.1, -0.05) is 37.6 Å². The highest BCUT2D eigenvalue weighted by Gasteiger charge is 2.22. The van der Waals surface area contributed by atoms with Crippen molar-refractivity contribution in [3.63, 3.8) is 0 Å². The van der Waals surface area contributed by atoms with Gasteiger partial charge in [-0.2, -0.15) is 4.31 Å². The number of carbonyl (C=O) groups excluding carboxylic acids is 1. The van der Waals surface area contributed by atoms with E-state index in [0.717, 1.165) is 23.3 Å². The van der Waals surface area contributed by atoms with Crippen LogP contribution in [0.15, 0.2) is 47.4 Å². The Bertz CT molecular complexity index is 1190. The van der Waals surface area contributed by atoms with Crippen LogP contribution in [0.2, 0.25) is 5.02 Å². The number of amides is 1. The largest absolute Gasteiger partial charge is 0.356 e. The third-order valence-electron chi connectivity index (χ3n) is 5.51. The van der Waals surface area contributed by atoms with Crippen molar-refractivity contribution in [1.29, 1.82) is 0 Å². The van der Waals surface area contributed by atoms with Crippen LogP contribution < -0.4 is 5.32 Å².